The van der Waals surface area contributed by atoms with Gasteiger partial charge in [0, 0.05) is 18.7 Å². The summed E-state index contributed by atoms with van der Waals surface area (Å²) in [5.74, 6) is -0.159. The number of hydrogen-bond donors (Lipinski definition) is 1. The molecule has 0 radical (unpaired) electrons. The lowest BCUT2D eigenvalue weighted by atomic mass is 10.1. The van der Waals surface area contributed by atoms with Crippen LogP contribution in [0.4, 0.5) is 0 Å². The molecular weight excluding hydrogens is 366 g/mol. The van der Waals surface area contributed by atoms with Gasteiger partial charge in [0.15, 0.2) is 0 Å². The summed E-state index contributed by atoms with van der Waals surface area (Å²) in [4.78, 5) is 27.7. The van der Waals surface area contributed by atoms with Gasteiger partial charge in [-0.15, -0.1) is 0 Å². The summed E-state index contributed by atoms with van der Waals surface area (Å²) in [5.41, 5.74) is 3.37. The molecule has 0 aliphatic carbocycles. The van der Waals surface area contributed by atoms with E-state index in [0.717, 1.165) is 17.6 Å². The van der Waals surface area contributed by atoms with Crippen molar-refractivity contribution in [2.24, 2.45) is 0 Å². The monoisotopic (exact) mass is 389 g/mol. The van der Waals surface area contributed by atoms with Crippen LogP contribution >= 0.6 is 0 Å². The Labute approximate surface area is 168 Å². The summed E-state index contributed by atoms with van der Waals surface area (Å²) in [6, 6.07) is 16.9. The summed E-state index contributed by atoms with van der Waals surface area (Å²) in [6.45, 7) is 1.73. The van der Waals surface area contributed by atoms with Crippen LogP contribution in [0.2, 0.25) is 0 Å². The van der Waals surface area contributed by atoms with Crippen molar-refractivity contribution < 1.29 is 4.79 Å². The summed E-state index contributed by atoms with van der Waals surface area (Å²) >= 11 is 0. The number of fused-ring (bicyclic) bond motifs is 3. The average Bonchev–Trinajstić information content (AvgIpc) is 3.21. The quantitative estimate of drug-likeness (QED) is 0.547. The minimum atomic E-state index is -0.159. The number of hydrogen-bond acceptors (Lipinski definition) is 4. The second-order valence-corrected chi connectivity index (χ2v) is 7.27. The maximum Gasteiger partial charge on any atom is 0.277 e. The largest absolute Gasteiger partial charge is 0.351 e. The van der Waals surface area contributed by atoms with Crippen LogP contribution in [-0.4, -0.2) is 52.2 Å². The molecule has 29 heavy (non-hydrogen) atoms. The van der Waals surface area contributed by atoms with Gasteiger partial charge >= 0.3 is 0 Å². The number of carbonyl (C=O) groups is 1. The second-order valence-electron chi connectivity index (χ2n) is 7.27. The molecule has 148 valence electrons. The fourth-order valence-electron chi connectivity index (χ4n) is 3.38. The Kier molecular flexibility index (Phi) is 5.14. The van der Waals surface area contributed by atoms with Crippen LogP contribution in [0.15, 0.2) is 65.6 Å². The molecule has 0 aliphatic heterocycles. The molecule has 4 rings (SSSR count). The molecule has 7 nitrogen and oxygen atoms in total. The molecule has 2 aromatic carbocycles. The van der Waals surface area contributed by atoms with Gasteiger partial charge < -0.3 is 14.8 Å². The molecule has 0 fully saturated rings. The highest BCUT2D eigenvalue weighted by molar-refractivity contribution is 5.97. The van der Waals surface area contributed by atoms with Gasteiger partial charge in [-0.1, -0.05) is 30.3 Å². The summed E-state index contributed by atoms with van der Waals surface area (Å²) in [6.07, 6.45) is 1.62. The molecule has 0 bridgehead atoms. The second kappa shape index (κ2) is 7.89. The molecule has 7 heteroatoms. The van der Waals surface area contributed by atoms with E-state index in [1.165, 1.54) is 0 Å². The molecule has 4 aromatic rings. The van der Waals surface area contributed by atoms with Gasteiger partial charge in [-0.2, -0.15) is 5.10 Å². The topological polar surface area (TPSA) is 71.6 Å². The van der Waals surface area contributed by atoms with Crippen LogP contribution in [0.25, 0.3) is 16.6 Å². The van der Waals surface area contributed by atoms with Crippen molar-refractivity contribution in [2.75, 3.05) is 27.2 Å². The van der Waals surface area contributed by atoms with Crippen LogP contribution in [-0.2, 0) is 6.54 Å². The van der Waals surface area contributed by atoms with Crippen molar-refractivity contribution in [2.45, 2.75) is 6.54 Å². The maximum absolute atomic E-state index is 13.1. The van der Waals surface area contributed by atoms with Gasteiger partial charge in [-0.25, -0.2) is 4.52 Å². The molecule has 0 aliphatic rings. The number of aromatic nitrogens is 3. The Bertz CT molecular complexity index is 1220. The zero-order chi connectivity index (χ0) is 20.4. The van der Waals surface area contributed by atoms with Gasteiger partial charge in [0.05, 0.1) is 23.8 Å². The fourth-order valence-corrected chi connectivity index (χ4v) is 3.38. The molecule has 0 saturated heterocycles. The van der Waals surface area contributed by atoms with E-state index in [-0.39, 0.29) is 11.5 Å². The zero-order valence-corrected chi connectivity index (χ0v) is 16.5. The van der Waals surface area contributed by atoms with Crippen molar-refractivity contribution in [3.8, 4) is 0 Å². The third kappa shape index (κ3) is 3.77. The SMILES string of the molecule is CN(C)CCNC(=O)c1ccc2c(c1)n(Cc1ccccc1)c(=O)c1ccnn12. The Balaban J connectivity index is 1.81. The van der Waals surface area contributed by atoms with E-state index in [4.69, 9.17) is 0 Å². The van der Waals surface area contributed by atoms with E-state index in [1.807, 2.05) is 55.4 Å². The molecule has 1 N–H and O–H groups in total. The zero-order valence-electron chi connectivity index (χ0n) is 16.5. The van der Waals surface area contributed by atoms with E-state index >= 15 is 0 Å². The van der Waals surface area contributed by atoms with E-state index in [0.29, 0.717) is 29.7 Å². The third-order valence-corrected chi connectivity index (χ3v) is 4.89. The van der Waals surface area contributed by atoms with Crippen molar-refractivity contribution in [3.05, 3.63) is 82.3 Å². The van der Waals surface area contributed by atoms with Gasteiger partial charge in [0.25, 0.3) is 11.5 Å². The first-order chi connectivity index (χ1) is 14.0. The summed E-state index contributed by atoms with van der Waals surface area (Å²) in [5, 5.41) is 7.22. The van der Waals surface area contributed by atoms with Crippen molar-refractivity contribution in [3.63, 3.8) is 0 Å². The van der Waals surface area contributed by atoms with Gasteiger partial charge in [0.1, 0.15) is 5.52 Å². The lowest BCUT2D eigenvalue weighted by Crippen LogP contribution is -2.31. The van der Waals surface area contributed by atoms with Gasteiger partial charge in [0.2, 0.25) is 0 Å². The average molecular weight is 389 g/mol. The highest BCUT2D eigenvalue weighted by Crippen LogP contribution is 2.18. The summed E-state index contributed by atoms with van der Waals surface area (Å²) in [7, 11) is 3.92. The highest BCUT2D eigenvalue weighted by atomic mass is 16.1. The predicted octanol–water partition coefficient (Wildman–Crippen LogP) is 1.99. The van der Waals surface area contributed by atoms with E-state index in [2.05, 4.69) is 10.4 Å². The van der Waals surface area contributed by atoms with Crippen molar-refractivity contribution in [1.82, 2.24) is 24.4 Å². The molecule has 0 spiro atoms. The molecule has 1 amide bonds. The molecule has 0 atom stereocenters. The van der Waals surface area contributed by atoms with E-state index in [1.54, 1.807) is 33.5 Å². The highest BCUT2D eigenvalue weighted by Gasteiger charge is 2.14. The van der Waals surface area contributed by atoms with Gasteiger partial charge in [-0.05, 0) is 43.9 Å². The van der Waals surface area contributed by atoms with E-state index in [9.17, 15) is 9.59 Å². The van der Waals surface area contributed by atoms with Crippen LogP contribution in [0.1, 0.15) is 15.9 Å². The standard InChI is InChI=1S/C22H23N5O2/c1-25(2)13-12-23-21(28)17-8-9-18-20(14-17)26(15-16-6-4-3-5-7-16)22(29)19-10-11-24-27(18)19/h3-11,14H,12-13,15H2,1-2H3,(H,23,28). The number of carbonyl (C=O) groups excluding carboxylic acids is 1. The smallest absolute Gasteiger partial charge is 0.277 e. The van der Waals surface area contributed by atoms with Crippen LogP contribution in [0, 0.1) is 0 Å². The van der Waals surface area contributed by atoms with Gasteiger partial charge in [-0.3, -0.25) is 9.59 Å². The first-order valence-corrected chi connectivity index (χ1v) is 9.52. The van der Waals surface area contributed by atoms with Crippen LogP contribution in [0.3, 0.4) is 0 Å². The van der Waals surface area contributed by atoms with Crippen molar-refractivity contribution >= 4 is 22.5 Å². The number of nitrogens with zero attached hydrogens (tertiary/aromatic N) is 4. The predicted molar refractivity (Wildman–Crippen MR) is 113 cm³/mol. The lowest BCUT2D eigenvalue weighted by Gasteiger charge is -2.14. The third-order valence-electron chi connectivity index (χ3n) is 4.89. The normalized spacial score (nSPS) is 11.4. The number of likely N-dealkylation sites (N-methyl/N-ethyl adjacent to an activating group) is 1. The van der Waals surface area contributed by atoms with Crippen LogP contribution in [0.5, 0.6) is 0 Å². The first-order valence-electron chi connectivity index (χ1n) is 9.52. The Morgan fingerprint density at radius 3 is 2.59 bits per heavy atom. The van der Waals surface area contributed by atoms with Crippen LogP contribution < -0.4 is 10.9 Å². The maximum atomic E-state index is 13.1. The number of benzene rings is 2. The number of rotatable bonds is 6. The Hall–Kier alpha value is -3.45. The molecule has 0 saturated carbocycles. The summed E-state index contributed by atoms with van der Waals surface area (Å²) < 4.78 is 3.34. The Morgan fingerprint density at radius 1 is 1.03 bits per heavy atom. The fraction of sp³-hybridized carbons (Fsp3) is 0.227. The minimum absolute atomic E-state index is 0.135. The minimum Gasteiger partial charge on any atom is -0.351 e. The number of amides is 1. The molecular formula is C22H23N5O2. The van der Waals surface area contributed by atoms with E-state index < -0.39 is 0 Å². The molecule has 2 heterocycles. The Morgan fingerprint density at radius 2 is 1.83 bits per heavy atom. The lowest BCUT2D eigenvalue weighted by molar-refractivity contribution is 0.0951. The molecule has 2 aromatic heterocycles. The molecule has 0 unspecified atom stereocenters. The first kappa shape index (κ1) is 18.9. The van der Waals surface area contributed by atoms with Crippen molar-refractivity contribution in [1.29, 1.82) is 0 Å². The number of nitrogens with one attached hydrogen (secondary N) is 1.